The third kappa shape index (κ3) is 4.11. The average Bonchev–Trinajstić information content (AvgIpc) is 3.19. The predicted molar refractivity (Wildman–Crippen MR) is 88.6 cm³/mol. The summed E-state index contributed by atoms with van der Waals surface area (Å²) >= 11 is 0. The van der Waals surface area contributed by atoms with Crippen molar-refractivity contribution in [2.24, 2.45) is 5.92 Å². The van der Waals surface area contributed by atoms with E-state index in [0.29, 0.717) is 18.3 Å². The van der Waals surface area contributed by atoms with Crippen LogP contribution in [0.25, 0.3) is 11.4 Å². The highest BCUT2D eigenvalue weighted by Gasteiger charge is 2.20. The molecule has 1 aliphatic rings. The van der Waals surface area contributed by atoms with Gasteiger partial charge in [0.25, 0.3) is 0 Å². The van der Waals surface area contributed by atoms with Crippen LogP contribution in [0.4, 0.5) is 0 Å². The molecule has 1 aromatic heterocycles. The van der Waals surface area contributed by atoms with Crippen LogP contribution in [-0.2, 0) is 11.3 Å². The van der Waals surface area contributed by atoms with Gasteiger partial charge < -0.3 is 14.7 Å². The highest BCUT2D eigenvalue weighted by molar-refractivity contribution is 5.54. The van der Waals surface area contributed by atoms with Crippen LogP contribution in [-0.4, -0.2) is 59.2 Å². The van der Waals surface area contributed by atoms with E-state index in [2.05, 4.69) is 10.1 Å². The Morgan fingerprint density at radius 1 is 1.42 bits per heavy atom. The fraction of sp³-hybridized carbons (Fsp3) is 0.529. The van der Waals surface area contributed by atoms with Crippen molar-refractivity contribution < 1.29 is 14.4 Å². The Kier molecular flexibility index (Phi) is 5.44. The van der Waals surface area contributed by atoms with Crippen LogP contribution in [0, 0.1) is 5.92 Å². The molecule has 0 amide bonds. The Hall–Kier alpha value is -1.96. The van der Waals surface area contributed by atoms with Crippen molar-refractivity contribution >= 4 is 0 Å². The molecule has 2 atom stereocenters. The van der Waals surface area contributed by atoms with E-state index < -0.39 is 11.9 Å². The summed E-state index contributed by atoms with van der Waals surface area (Å²) in [5.74, 6) is 0.395. The minimum atomic E-state index is -0.683. The molecule has 0 bridgehead atoms. The van der Waals surface area contributed by atoms with Crippen molar-refractivity contribution in [2.75, 3.05) is 33.4 Å². The lowest BCUT2D eigenvalue weighted by molar-refractivity contribution is 0.0981. The Morgan fingerprint density at radius 3 is 2.92 bits per heavy atom. The maximum absolute atomic E-state index is 11.9. The topological polar surface area (TPSA) is 80.7 Å². The molecule has 1 N–H and O–H groups in total. The molecule has 1 saturated heterocycles. The molecule has 24 heavy (non-hydrogen) atoms. The third-order valence-electron chi connectivity index (χ3n) is 4.23. The number of hydrogen-bond donors (Lipinski definition) is 1. The maximum atomic E-state index is 11.9. The van der Waals surface area contributed by atoms with Crippen LogP contribution in [0.1, 0.15) is 6.42 Å². The number of hydrogen-bond acceptors (Lipinski definition) is 6. The number of rotatable bonds is 7. The molecule has 2 aromatic rings. The molecule has 1 aromatic carbocycles. The fourth-order valence-electron chi connectivity index (χ4n) is 3.09. The van der Waals surface area contributed by atoms with Gasteiger partial charge in [-0.15, -0.1) is 0 Å². The summed E-state index contributed by atoms with van der Waals surface area (Å²) in [4.78, 5) is 14.0. The second kappa shape index (κ2) is 7.74. The van der Waals surface area contributed by atoms with E-state index in [1.54, 1.807) is 0 Å². The van der Waals surface area contributed by atoms with Crippen molar-refractivity contribution in [3.8, 4) is 11.4 Å². The van der Waals surface area contributed by atoms with Gasteiger partial charge in [0, 0.05) is 25.3 Å². The number of benzene rings is 1. The molecule has 0 saturated carbocycles. The SMILES string of the molecule is CN(CC(O)Cn1c(-c2ccccc2)noc1=O)CC1CCOC1. The predicted octanol–water partition coefficient (Wildman–Crippen LogP) is 0.833. The smallest absolute Gasteiger partial charge is 0.390 e. The zero-order chi connectivity index (χ0) is 16.9. The van der Waals surface area contributed by atoms with Gasteiger partial charge in [-0.25, -0.2) is 4.79 Å². The van der Waals surface area contributed by atoms with Crippen molar-refractivity contribution in [3.63, 3.8) is 0 Å². The van der Waals surface area contributed by atoms with E-state index in [1.807, 2.05) is 37.4 Å². The first kappa shape index (κ1) is 16.9. The van der Waals surface area contributed by atoms with E-state index in [9.17, 15) is 9.90 Å². The molecule has 2 heterocycles. The highest BCUT2D eigenvalue weighted by Crippen LogP contribution is 2.16. The van der Waals surface area contributed by atoms with Gasteiger partial charge in [0.1, 0.15) is 0 Å². The van der Waals surface area contributed by atoms with E-state index >= 15 is 0 Å². The third-order valence-corrected chi connectivity index (χ3v) is 4.23. The highest BCUT2D eigenvalue weighted by atomic mass is 16.5. The molecule has 1 fully saturated rings. The summed E-state index contributed by atoms with van der Waals surface area (Å²) in [5.41, 5.74) is 0.784. The van der Waals surface area contributed by atoms with Crippen LogP contribution >= 0.6 is 0 Å². The molecular weight excluding hydrogens is 310 g/mol. The van der Waals surface area contributed by atoms with Gasteiger partial charge in [-0.1, -0.05) is 35.5 Å². The van der Waals surface area contributed by atoms with Gasteiger partial charge in [-0.3, -0.25) is 9.09 Å². The van der Waals surface area contributed by atoms with Crippen LogP contribution in [0.5, 0.6) is 0 Å². The standard InChI is InChI=1S/C17H23N3O4/c1-19(9-13-7-8-23-12-13)10-15(21)11-20-16(18-24-17(20)22)14-5-3-2-4-6-14/h2-6,13,15,21H,7-12H2,1H3. The van der Waals surface area contributed by atoms with Gasteiger partial charge in [0.05, 0.1) is 19.3 Å². The largest absolute Gasteiger partial charge is 0.441 e. The van der Waals surface area contributed by atoms with E-state index in [-0.39, 0.29) is 6.54 Å². The summed E-state index contributed by atoms with van der Waals surface area (Å²) < 4.78 is 11.5. The summed E-state index contributed by atoms with van der Waals surface area (Å²) in [6.07, 6.45) is 0.376. The summed E-state index contributed by atoms with van der Waals surface area (Å²) in [7, 11) is 1.97. The molecule has 3 rings (SSSR count). The van der Waals surface area contributed by atoms with Gasteiger partial charge >= 0.3 is 5.76 Å². The molecule has 0 aliphatic carbocycles. The molecule has 0 radical (unpaired) electrons. The number of aliphatic hydroxyl groups is 1. The second-order valence-corrected chi connectivity index (χ2v) is 6.35. The minimum Gasteiger partial charge on any atom is -0.390 e. The molecule has 130 valence electrons. The van der Waals surface area contributed by atoms with Crippen LogP contribution in [0.2, 0.25) is 0 Å². The normalized spacial score (nSPS) is 19.0. The lowest BCUT2D eigenvalue weighted by Gasteiger charge is -2.23. The quantitative estimate of drug-likeness (QED) is 0.808. The summed E-state index contributed by atoms with van der Waals surface area (Å²) in [5, 5.41) is 14.2. The van der Waals surface area contributed by atoms with Crippen molar-refractivity contribution in [1.82, 2.24) is 14.6 Å². The summed E-state index contributed by atoms with van der Waals surface area (Å²) in [6.45, 7) is 3.10. The zero-order valence-corrected chi connectivity index (χ0v) is 13.8. The second-order valence-electron chi connectivity index (χ2n) is 6.35. The van der Waals surface area contributed by atoms with Crippen molar-refractivity contribution in [3.05, 3.63) is 40.9 Å². The fourth-order valence-corrected chi connectivity index (χ4v) is 3.09. The van der Waals surface area contributed by atoms with Gasteiger partial charge in [0.15, 0.2) is 5.82 Å². The number of likely N-dealkylation sites (N-methyl/N-ethyl adjacent to an activating group) is 1. The Bertz CT molecular complexity index is 691. The molecule has 7 nitrogen and oxygen atoms in total. The van der Waals surface area contributed by atoms with Crippen LogP contribution < -0.4 is 5.76 Å². The molecular formula is C17H23N3O4. The number of nitrogens with zero attached hydrogens (tertiary/aromatic N) is 3. The average molecular weight is 333 g/mol. The monoisotopic (exact) mass is 333 g/mol. The lowest BCUT2D eigenvalue weighted by atomic mass is 10.1. The number of aromatic nitrogens is 2. The Morgan fingerprint density at radius 2 is 2.21 bits per heavy atom. The first-order chi connectivity index (χ1) is 11.6. The van der Waals surface area contributed by atoms with Gasteiger partial charge in [0.2, 0.25) is 0 Å². The first-order valence-electron chi connectivity index (χ1n) is 8.20. The molecule has 0 spiro atoms. The van der Waals surface area contributed by atoms with Crippen LogP contribution in [0.3, 0.4) is 0 Å². The molecule has 2 unspecified atom stereocenters. The van der Waals surface area contributed by atoms with Gasteiger partial charge in [-0.05, 0) is 19.4 Å². The van der Waals surface area contributed by atoms with E-state index in [0.717, 1.165) is 31.7 Å². The minimum absolute atomic E-state index is 0.151. The van der Waals surface area contributed by atoms with Crippen molar-refractivity contribution in [2.45, 2.75) is 19.1 Å². The number of ether oxygens (including phenoxy) is 1. The number of aliphatic hydroxyl groups excluding tert-OH is 1. The molecule has 1 aliphatic heterocycles. The zero-order valence-electron chi connectivity index (χ0n) is 13.8. The summed E-state index contributed by atoms with van der Waals surface area (Å²) in [6, 6.07) is 9.33. The molecule has 7 heteroatoms. The van der Waals surface area contributed by atoms with Crippen molar-refractivity contribution in [1.29, 1.82) is 0 Å². The first-order valence-corrected chi connectivity index (χ1v) is 8.20. The lowest BCUT2D eigenvalue weighted by Crippen LogP contribution is -2.36. The Labute approximate surface area is 140 Å². The van der Waals surface area contributed by atoms with E-state index in [4.69, 9.17) is 9.26 Å². The van der Waals surface area contributed by atoms with E-state index in [1.165, 1.54) is 4.57 Å². The van der Waals surface area contributed by atoms with Crippen LogP contribution in [0.15, 0.2) is 39.6 Å². The maximum Gasteiger partial charge on any atom is 0.441 e. The van der Waals surface area contributed by atoms with Gasteiger partial charge in [-0.2, -0.15) is 0 Å². The Balaban J connectivity index is 1.63.